The number of phenols is 2. The molecule has 0 aromatic heterocycles. The van der Waals surface area contributed by atoms with E-state index in [2.05, 4.69) is 5.32 Å². The van der Waals surface area contributed by atoms with Crippen LogP contribution in [0.25, 0.3) is 0 Å². The van der Waals surface area contributed by atoms with Crippen molar-refractivity contribution in [1.82, 2.24) is 10.2 Å². The zero-order valence-corrected chi connectivity index (χ0v) is 24.8. The van der Waals surface area contributed by atoms with Crippen molar-refractivity contribution < 1.29 is 43.9 Å². The molecule has 0 amide bonds. The summed E-state index contributed by atoms with van der Waals surface area (Å²) in [5.41, 5.74) is 9.80. The number of carbonyl (C=O) groups is 2. The van der Waals surface area contributed by atoms with Gasteiger partial charge in [0.1, 0.15) is 24.6 Å². The highest BCUT2D eigenvalue weighted by Crippen LogP contribution is 2.61. The molecule has 4 heterocycles. The normalized spacial score (nSPS) is 30.0. The molecule has 2 aromatic carbocycles. The topological polar surface area (TPSA) is 173 Å². The first kappa shape index (κ1) is 28.9. The van der Waals surface area contributed by atoms with Crippen LogP contribution in [-0.2, 0) is 20.7 Å². The van der Waals surface area contributed by atoms with Crippen LogP contribution in [0.5, 0.6) is 28.7 Å². The number of hydrogen-bond acceptors (Lipinski definition) is 13. The maximum Gasteiger partial charge on any atom is 0.323 e. The van der Waals surface area contributed by atoms with E-state index in [1.165, 1.54) is 32.9 Å². The molecule has 6 rings (SSSR count). The monoisotopic (exact) mass is 601 g/mol. The fourth-order valence-electron chi connectivity index (χ4n) is 7.20. The van der Waals surface area contributed by atoms with Crippen LogP contribution in [0.1, 0.15) is 57.6 Å². The summed E-state index contributed by atoms with van der Waals surface area (Å²) in [5.74, 6) is -0.486. The van der Waals surface area contributed by atoms with E-state index in [0.717, 1.165) is 11.1 Å². The summed E-state index contributed by atoms with van der Waals surface area (Å²) in [6.45, 7) is 4.61. The van der Waals surface area contributed by atoms with E-state index in [0.29, 0.717) is 34.4 Å². The lowest BCUT2D eigenvalue weighted by Crippen LogP contribution is -2.69. The van der Waals surface area contributed by atoms with Crippen molar-refractivity contribution in [3.8, 4) is 28.7 Å². The van der Waals surface area contributed by atoms with E-state index >= 15 is 0 Å². The largest absolute Gasteiger partial charge is 0.504 e. The van der Waals surface area contributed by atoms with Crippen molar-refractivity contribution in [2.24, 2.45) is 5.73 Å². The summed E-state index contributed by atoms with van der Waals surface area (Å²) in [6.07, 6.45) is -0.653. The maximum absolute atomic E-state index is 12.8. The molecule has 12 nitrogen and oxygen atoms in total. The number of ether oxygens (including phenoxy) is 4. The lowest BCUT2D eigenvalue weighted by atomic mass is 9.74. The highest BCUT2D eigenvalue weighted by molar-refractivity contribution is 7.99. The number of hydrogen-bond donors (Lipinski definition) is 5. The zero-order chi connectivity index (χ0) is 30.2. The van der Waals surface area contributed by atoms with Crippen LogP contribution in [0.2, 0.25) is 0 Å². The minimum Gasteiger partial charge on any atom is -0.504 e. The van der Waals surface area contributed by atoms with Gasteiger partial charge in [-0.1, -0.05) is 6.07 Å². The van der Waals surface area contributed by atoms with Gasteiger partial charge in [0.25, 0.3) is 0 Å². The molecule has 0 unspecified atom stereocenters. The van der Waals surface area contributed by atoms with Crippen LogP contribution >= 0.6 is 11.8 Å². The second kappa shape index (κ2) is 10.5. The molecule has 0 radical (unpaired) electrons. The zero-order valence-electron chi connectivity index (χ0n) is 24.0. The van der Waals surface area contributed by atoms with E-state index < -0.39 is 53.6 Å². The SMILES string of the molecule is COc1c(C)cc2c(c1O)[C@H]1N[C@@H](C2)[C@H](O)N2[C@H]1[C@H]1SC[C@H](N)C(=O)OC[C@H]2c2c(O)c(OC)c(C)c(OC(C)=O)c21. The number of phenolic OH excluding ortho intramolecular Hbond substituents is 2. The molecule has 42 heavy (non-hydrogen) atoms. The van der Waals surface area contributed by atoms with Crippen molar-refractivity contribution in [3.05, 3.63) is 39.4 Å². The van der Waals surface area contributed by atoms with E-state index in [9.17, 15) is 24.9 Å². The number of benzene rings is 2. The Labute approximate surface area is 247 Å². The Morgan fingerprint density at radius 1 is 1.12 bits per heavy atom. The molecule has 2 fully saturated rings. The van der Waals surface area contributed by atoms with Gasteiger partial charge < -0.3 is 45.3 Å². The minimum absolute atomic E-state index is 0.00933. The van der Waals surface area contributed by atoms with Gasteiger partial charge in [0.05, 0.1) is 37.6 Å². The molecule has 2 aromatic rings. The number of rotatable bonds is 3. The van der Waals surface area contributed by atoms with Gasteiger partial charge in [-0.2, -0.15) is 0 Å². The number of nitrogens with zero attached hydrogens (tertiary/aromatic N) is 1. The maximum atomic E-state index is 12.8. The van der Waals surface area contributed by atoms with Crippen molar-refractivity contribution in [2.75, 3.05) is 26.6 Å². The summed E-state index contributed by atoms with van der Waals surface area (Å²) >= 11 is 1.34. The summed E-state index contributed by atoms with van der Waals surface area (Å²) < 4.78 is 22.6. The summed E-state index contributed by atoms with van der Waals surface area (Å²) in [6, 6.07) is -1.35. The summed E-state index contributed by atoms with van der Waals surface area (Å²) in [7, 11) is 2.90. The molecule has 13 heteroatoms. The fraction of sp³-hybridized carbons (Fsp3) is 0.517. The van der Waals surface area contributed by atoms with Gasteiger partial charge >= 0.3 is 11.9 Å². The predicted molar refractivity (Wildman–Crippen MR) is 152 cm³/mol. The number of piperazine rings is 1. The van der Waals surface area contributed by atoms with E-state index in [1.807, 2.05) is 17.9 Å². The Balaban J connectivity index is 1.67. The van der Waals surface area contributed by atoms with Crippen LogP contribution in [0.15, 0.2) is 6.07 Å². The predicted octanol–water partition coefficient (Wildman–Crippen LogP) is 1.63. The lowest BCUT2D eigenvalue weighted by Gasteiger charge is -2.59. The van der Waals surface area contributed by atoms with Gasteiger partial charge in [0.2, 0.25) is 0 Å². The van der Waals surface area contributed by atoms with E-state index in [4.69, 9.17) is 24.7 Å². The first-order chi connectivity index (χ1) is 20.0. The number of thioether (sulfide) groups is 1. The lowest BCUT2D eigenvalue weighted by molar-refractivity contribution is -0.159. The molecular weight excluding hydrogens is 566 g/mol. The summed E-state index contributed by atoms with van der Waals surface area (Å²) in [4.78, 5) is 27.0. The van der Waals surface area contributed by atoms with Crippen LogP contribution in [0, 0.1) is 13.8 Å². The Morgan fingerprint density at radius 2 is 1.81 bits per heavy atom. The van der Waals surface area contributed by atoms with E-state index in [1.54, 1.807) is 6.92 Å². The first-order valence-corrected chi connectivity index (χ1v) is 14.8. The molecule has 0 saturated carbocycles. The molecule has 4 aliphatic rings. The fourth-order valence-corrected chi connectivity index (χ4v) is 8.65. The first-order valence-electron chi connectivity index (χ1n) is 13.8. The third-order valence-electron chi connectivity index (χ3n) is 8.83. The van der Waals surface area contributed by atoms with Crippen LogP contribution < -0.4 is 25.3 Å². The average molecular weight is 602 g/mol. The average Bonchev–Trinajstić information content (AvgIpc) is 2.94. The molecule has 226 valence electrons. The third kappa shape index (κ3) is 4.13. The van der Waals surface area contributed by atoms with Crippen molar-refractivity contribution in [1.29, 1.82) is 0 Å². The minimum atomic E-state index is -1.07. The smallest absolute Gasteiger partial charge is 0.323 e. The van der Waals surface area contributed by atoms with Gasteiger partial charge in [-0.15, -0.1) is 11.8 Å². The van der Waals surface area contributed by atoms with Crippen LogP contribution in [-0.4, -0.2) is 83.1 Å². The van der Waals surface area contributed by atoms with Crippen molar-refractivity contribution in [3.63, 3.8) is 0 Å². The van der Waals surface area contributed by atoms with Crippen molar-refractivity contribution >= 4 is 23.7 Å². The number of nitrogens with one attached hydrogen (secondary N) is 1. The van der Waals surface area contributed by atoms with Crippen LogP contribution in [0.3, 0.4) is 0 Å². The van der Waals surface area contributed by atoms with Gasteiger partial charge in [0, 0.05) is 41.0 Å². The number of esters is 2. The number of aliphatic hydroxyl groups excluding tert-OH is 1. The van der Waals surface area contributed by atoms with Gasteiger partial charge in [-0.3, -0.25) is 14.5 Å². The Morgan fingerprint density at radius 3 is 2.48 bits per heavy atom. The van der Waals surface area contributed by atoms with Gasteiger partial charge in [-0.25, -0.2) is 0 Å². The summed E-state index contributed by atoms with van der Waals surface area (Å²) in [5, 5.41) is 38.0. The number of aromatic hydroxyl groups is 2. The number of fused-ring (bicyclic) bond motifs is 7. The molecule has 7 atom stereocenters. The van der Waals surface area contributed by atoms with Gasteiger partial charge in [-0.05, 0) is 31.4 Å². The molecule has 2 saturated heterocycles. The van der Waals surface area contributed by atoms with E-state index in [-0.39, 0.29) is 35.4 Å². The number of methoxy groups -OCH3 is 2. The van der Waals surface area contributed by atoms with Crippen molar-refractivity contribution in [2.45, 2.75) is 68.9 Å². The molecule has 4 aliphatic heterocycles. The number of aryl methyl sites for hydroxylation is 1. The molecule has 0 aliphatic carbocycles. The highest BCUT2D eigenvalue weighted by atomic mass is 32.2. The third-order valence-corrected chi connectivity index (χ3v) is 10.3. The number of nitrogens with two attached hydrogens (primary N) is 1. The van der Waals surface area contributed by atoms with Gasteiger partial charge in [0.15, 0.2) is 23.0 Å². The second-order valence-electron chi connectivity index (χ2n) is 11.2. The number of cyclic esters (lactones) is 1. The number of aliphatic hydroxyl groups is 1. The molecule has 0 spiro atoms. The molecule has 6 N–H and O–H groups in total. The Kier molecular flexibility index (Phi) is 7.21. The second-order valence-corrected chi connectivity index (χ2v) is 12.4. The quantitative estimate of drug-likeness (QED) is 0.254. The highest BCUT2D eigenvalue weighted by Gasteiger charge is 2.58. The van der Waals surface area contributed by atoms with Crippen LogP contribution in [0.4, 0.5) is 0 Å². The number of carbonyl (C=O) groups excluding carboxylic acids is 2. The standard InChI is InChI=1S/C29H35N3O9S/c1-10-6-13-7-15-28(36)32-16-8-40-29(37)14(30)9-42-27(21(32)20(31-15)17(13)22(34)24(10)38-4)19-18(16)23(35)26(39-5)11(2)25(19)41-12(3)33/h6,14-16,20-21,27-28,31,34-36H,7-9,30H2,1-5H3/t14-,15-,16-,20+,21+,27-,28-/m0/s1. The Bertz CT molecular complexity index is 1480. The molecule has 4 bridgehead atoms. The molecular formula is C29H35N3O9S. The Hall–Kier alpha value is -3.23.